The molecule has 3 heteroatoms. The molecule has 0 unspecified atom stereocenters. The Hall–Kier alpha value is -0.840. The van der Waals surface area contributed by atoms with E-state index in [0.29, 0.717) is 0 Å². The number of H-pyrrole nitrogens is 1. The molecule has 2 aromatic rings. The van der Waals surface area contributed by atoms with Crippen molar-refractivity contribution in [2.24, 2.45) is 0 Å². The van der Waals surface area contributed by atoms with Crippen molar-refractivity contribution >= 4 is 33.5 Å². The number of aromatic nitrogens is 1. The Morgan fingerprint density at radius 1 is 1.40 bits per heavy atom. The van der Waals surface area contributed by atoms with Crippen molar-refractivity contribution in [3.8, 4) is 0 Å². The molecule has 2 nitrogen and oxygen atoms in total. The Balaban J connectivity index is 2.92. The van der Waals surface area contributed by atoms with E-state index in [2.05, 4.69) is 27.6 Å². The Labute approximate surface area is 102 Å². The molecule has 0 spiro atoms. The van der Waals surface area contributed by atoms with Gasteiger partial charge in [0.05, 0.1) is 0 Å². The third-order valence-electron chi connectivity index (χ3n) is 2.63. The van der Waals surface area contributed by atoms with Crippen LogP contribution in [0.2, 0.25) is 0 Å². The van der Waals surface area contributed by atoms with Gasteiger partial charge in [0.15, 0.2) is 5.43 Å². The summed E-state index contributed by atoms with van der Waals surface area (Å²) in [6.45, 7) is 3.97. The average Bonchev–Trinajstić information content (AvgIpc) is 2.20. The van der Waals surface area contributed by atoms with Gasteiger partial charge >= 0.3 is 0 Å². The van der Waals surface area contributed by atoms with Crippen LogP contribution in [0.1, 0.15) is 18.2 Å². The SMILES string of the molecule is CCc1c(C)[nH]c2ccc(I)cc2c1=O. The van der Waals surface area contributed by atoms with Crippen molar-refractivity contribution in [1.29, 1.82) is 0 Å². The van der Waals surface area contributed by atoms with Crippen molar-refractivity contribution in [2.45, 2.75) is 20.3 Å². The van der Waals surface area contributed by atoms with Crippen LogP contribution in [0.5, 0.6) is 0 Å². The van der Waals surface area contributed by atoms with E-state index in [-0.39, 0.29) is 5.43 Å². The van der Waals surface area contributed by atoms with E-state index in [1.165, 1.54) is 0 Å². The van der Waals surface area contributed by atoms with Crippen LogP contribution in [-0.2, 0) is 6.42 Å². The normalized spacial score (nSPS) is 10.9. The van der Waals surface area contributed by atoms with Gasteiger partial charge in [0.25, 0.3) is 0 Å². The molecule has 0 aliphatic carbocycles. The highest BCUT2D eigenvalue weighted by molar-refractivity contribution is 14.1. The van der Waals surface area contributed by atoms with Crippen LogP contribution in [-0.4, -0.2) is 4.98 Å². The van der Waals surface area contributed by atoms with Crippen LogP contribution in [0.15, 0.2) is 23.0 Å². The first kappa shape index (κ1) is 10.7. The summed E-state index contributed by atoms with van der Waals surface area (Å²) in [6.07, 6.45) is 0.780. The van der Waals surface area contributed by atoms with Crippen LogP contribution in [0.3, 0.4) is 0 Å². The molecule has 0 aliphatic heterocycles. The maximum Gasteiger partial charge on any atom is 0.192 e. The molecule has 1 aromatic heterocycles. The van der Waals surface area contributed by atoms with E-state index in [1.54, 1.807) is 0 Å². The minimum absolute atomic E-state index is 0.169. The molecular formula is C12H12INO. The predicted octanol–water partition coefficient (Wildman–Crippen LogP) is 3.00. The van der Waals surface area contributed by atoms with E-state index in [4.69, 9.17) is 0 Å². The minimum atomic E-state index is 0.169. The Bertz CT molecular complexity index is 572. The van der Waals surface area contributed by atoms with Gasteiger partial charge in [-0.3, -0.25) is 4.79 Å². The zero-order chi connectivity index (χ0) is 11.0. The molecule has 78 valence electrons. The molecule has 0 radical (unpaired) electrons. The highest BCUT2D eigenvalue weighted by Crippen LogP contribution is 2.14. The Morgan fingerprint density at radius 3 is 2.80 bits per heavy atom. The van der Waals surface area contributed by atoms with Crippen LogP contribution in [0, 0.1) is 10.5 Å². The first-order valence-corrected chi connectivity index (χ1v) is 6.02. The summed E-state index contributed by atoms with van der Waals surface area (Å²) >= 11 is 2.22. The van der Waals surface area contributed by atoms with Gasteiger partial charge in [0, 0.05) is 25.7 Å². The number of pyridine rings is 1. The topological polar surface area (TPSA) is 32.9 Å². The summed E-state index contributed by atoms with van der Waals surface area (Å²) in [5, 5.41) is 0.796. The third kappa shape index (κ3) is 1.80. The summed E-state index contributed by atoms with van der Waals surface area (Å²) in [5.41, 5.74) is 2.97. The number of nitrogens with one attached hydrogen (secondary N) is 1. The summed E-state index contributed by atoms with van der Waals surface area (Å²) < 4.78 is 1.09. The first-order chi connectivity index (χ1) is 7.13. The first-order valence-electron chi connectivity index (χ1n) is 4.94. The second-order valence-corrected chi connectivity index (χ2v) is 4.85. The van der Waals surface area contributed by atoms with Gasteiger partial charge in [-0.25, -0.2) is 0 Å². The molecule has 15 heavy (non-hydrogen) atoms. The highest BCUT2D eigenvalue weighted by atomic mass is 127. The molecule has 2 rings (SSSR count). The molecule has 0 amide bonds. The Kier molecular flexibility index (Phi) is 2.82. The minimum Gasteiger partial charge on any atom is -0.358 e. The van der Waals surface area contributed by atoms with Crippen molar-refractivity contribution in [2.75, 3.05) is 0 Å². The van der Waals surface area contributed by atoms with E-state index in [0.717, 1.165) is 32.2 Å². The van der Waals surface area contributed by atoms with E-state index >= 15 is 0 Å². The molecule has 0 saturated heterocycles. The molecule has 0 atom stereocenters. The number of halogens is 1. The second kappa shape index (κ2) is 3.96. The largest absolute Gasteiger partial charge is 0.358 e. The predicted molar refractivity (Wildman–Crippen MR) is 71.4 cm³/mol. The lowest BCUT2D eigenvalue weighted by molar-refractivity contribution is 1.05. The maximum atomic E-state index is 12.1. The number of fused-ring (bicyclic) bond motifs is 1. The molecule has 0 bridgehead atoms. The van der Waals surface area contributed by atoms with Crippen molar-refractivity contribution in [3.05, 3.63) is 43.2 Å². The van der Waals surface area contributed by atoms with Gasteiger partial charge in [-0.1, -0.05) is 6.92 Å². The van der Waals surface area contributed by atoms with Gasteiger partial charge < -0.3 is 4.98 Å². The van der Waals surface area contributed by atoms with Crippen LogP contribution in [0.25, 0.3) is 10.9 Å². The molecule has 0 fully saturated rings. The van der Waals surface area contributed by atoms with Crippen molar-refractivity contribution < 1.29 is 0 Å². The lowest BCUT2D eigenvalue weighted by atomic mass is 10.1. The van der Waals surface area contributed by atoms with Gasteiger partial charge in [0.2, 0.25) is 0 Å². The smallest absolute Gasteiger partial charge is 0.192 e. The molecule has 0 saturated carbocycles. The monoisotopic (exact) mass is 313 g/mol. The highest BCUT2D eigenvalue weighted by Gasteiger charge is 2.07. The fourth-order valence-corrected chi connectivity index (χ4v) is 2.34. The number of hydrogen-bond donors (Lipinski definition) is 1. The van der Waals surface area contributed by atoms with Gasteiger partial charge in [-0.15, -0.1) is 0 Å². The van der Waals surface area contributed by atoms with E-state index in [1.807, 2.05) is 32.0 Å². The summed E-state index contributed by atoms with van der Waals surface area (Å²) in [5.74, 6) is 0. The van der Waals surface area contributed by atoms with Crippen LogP contribution >= 0.6 is 22.6 Å². The number of aromatic amines is 1. The quantitative estimate of drug-likeness (QED) is 0.807. The lowest BCUT2D eigenvalue weighted by Gasteiger charge is -2.06. The zero-order valence-corrected chi connectivity index (χ0v) is 10.9. The number of rotatable bonds is 1. The fraction of sp³-hybridized carbons (Fsp3) is 0.250. The molecule has 1 heterocycles. The van der Waals surface area contributed by atoms with Gasteiger partial charge in [-0.2, -0.15) is 0 Å². The van der Waals surface area contributed by atoms with E-state index in [9.17, 15) is 4.79 Å². The van der Waals surface area contributed by atoms with Gasteiger partial charge in [0.1, 0.15) is 0 Å². The summed E-state index contributed by atoms with van der Waals surface area (Å²) in [4.78, 5) is 15.4. The molecule has 0 aliphatic rings. The van der Waals surface area contributed by atoms with Gasteiger partial charge in [-0.05, 0) is 54.1 Å². The third-order valence-corrected chi connectivity index (χ3v) is 3.30. The molecule has 1 aromatic carbocycles. The fourth-order valence-electron chi connectivity index (χ4n) is 1.85. The standard InChI is InChI=1S/C12H12INO/c1-3-9-7(2)14-11-5-4-8(13)6-10(11)12(9)15/h4-6H,3H2,1-2H3,(H,14,15). The summed E-state index contributed by atoms with van der Waals surface area (Å²) in [7, 11) is 0. The average molecular weight is 313 g/mol. The van der Waals surface area contributed by atoms with Crippen molar-refractivity contribution in [3.63, 3.8) is 0 Å². The number of aryl methyl sites for hydroxylation is 1. The van der Waals surface area contributed by atoms with E-state index < -0.39 is 0 Å². The molecule has 1 N–H and O–H groups in total. The summed E-state index contributed by atoms with van der Waals surface area (Å²) in [6, 6.07) is 5.90. The van der Waals surface area contributed by atoms with Crippen molar-refractivity contribution in [1.82, 2.24) is 4.98 Å². The second-order valence-electron chi connectivity index (χ2n) is 3.60. The molecular weight excluding hydrogens is 301 g/mol. The lowest BCUT2D eigenvalue weighted by Crippen LogP contribution is -2.12. The van der Waals surface area contributed by atoms with Crippen LogP contribution in [0.4, 0.5) is 0 Å². The number of hydrogen-bond acceptors (Lipinski definition) is 1. The van der Waals surface area contributed by atoms with Crippen LogP contribution < -0.4 is 5.43 Å². The zero-order valence-electron chi connectivity index (χ0n) is 8.73. The Morgan fingerprint density at radius 2 is 2.13 bits per heavy atom. The maximum absolute atomic E-state index is 12.1. The number of benzene rings is 1.